The molecule has 6 heteroatoms. The summed E-state index contributed by atoms with van der Waals surface area (Å²) in [5.41, 5.74) is 1.91. The Hall–Kier alpha value is -2.67. The minimum Gasteiger partial charge on any atom is -0.492 e. The normalized spacial score (nSPS) is 15.6. The fourth-order valence-electron chi connectivity index (χ4n) is 3.69. The lowest BCUT2D eigenvalue weighted by Gasteiger charge is -2.34. The van der Waals surface area contributed by atoms with Crippen LogP contribution in [0.15, 0.2) is 64.0 Å². The topological polar surface area (TPSA) is 66.2 Å². The van der Waals surface area contributed by atoms with E-state index in [-0.39, 0.29) is 12.0 Å². The smallest absolute Gasteiger partial charge is 0.200 e. The van der Waals surface area contributed by atoms with Gasteiger partial charge in [0, 0.05) is 45.3 Å². The summed E-state index contributed by atoms with van der Waals surface area (Å²) >= 11 is 0. The van der Waals surface area contributed by atoms with Crippen molar-refractivity contribution in [2.24, 2.45) is 0 Å². The third kappa shape index (κ3) is 4.67. The molecule has 4 rings (SSSR count). The Morgan fingerprint density at radius 1 is 0.966 bits per heavy atom. The Labute approximate surface area is 169 Å². The summed E-state index contributed by atoms with van der Waals surface area (Å²) < 4.78 is 11.6. The number of ether oxygens (including phenoxy) is 1. The SMILES string of the molecule is O=c1c(-c2ccccc2)coc2cc(OCCN3CCN(CCO)CC3)ccc12. The number of hydrogen-bond acceptors (Lipinski definition) is 6. The van der Waals surface area contributed by atoms with Crippen molar-refractivity contribution < 1.29 is 14.3 Å². The highest BCUT2D eigenvalue weighted by atomic mass is 16.5. The summed E-state index contributed by atoms with van der Waals surface area (Å²) in [5.74, 6) is 0.701. The molecule has 1 N–H and O–H groups in total. The van der Waals surface area contributed by atoms with Crippen molar-refractivity contribution in [1.29, 1.82) is 0 Å². The molecule has 1 aliphatic heterocycles. The van der Waals surface area contributed by atoms with E-state index in [0.717, 1.165) is 44.8 Å². The second kappa shape index (κ2) is 9.22. The van der Waals surface area contributed by atoms with Crippen LogP contribution in [0.25, 0.3) is 22.1 Å². The molecule has 0 amide bonds. The molecule has 2 heterocycles. The van der Waals surface area contributed by atoms with Crippen molar-refractivity contribution in [3.05, 3.63) is 65.0 Å². The lowest BCUT2D eigenvalue weighted by Crippen LogP contribution is -2.48. The van der Waals surface area contributed by atoms with E-state index in [1.165, 1.54) is 6.26 Å². The van der Waals surface area contributed by atoms with Crippen LogP contribution in [0, 0.1) is 0 Å². The van der Waals surface area contributed by atoms with Gasteiger partial charge in [-0.2, -0.15) is 0 Å². The van der Waals surface area contributed by atoms with E-state index < -0.39 is 0 Å². The van der Waals surface area contributed by atoms with Crippen LogP contribution < -0.4 is 10.2 Å². The number of nitrogens with zero attached hydrogens (tertiary/aromatic N) is 2. The number of rotatable bonds is 7. The Morgan fingerprint density at radius 2 is 1.69 bits per heavy atom. The summed E-state index contributed by atoms with van der Waals surface area (Å²) in [6.45, 7) is 6.32. The monoisotopic (exact) mass is 394 g/mol. The molecule has 152 valence electrons. The lowest BCUT2D eigenvalue weighted by molar-refractivity contribution is 0.102. The van der Waals surface area contributed by atoms with Gasteiger partial charge in [-0.05, 0) is 17.7 Å². The van der Waals surface area contributed by atoms with E-state index >= 15 is 0 Å². The van der Waals surface area contributed by atoms with Gasteiger partial charge >= 0.3 is 0 Å². The van der Waals surface area contributed by atoms with Crippen LogP contribution >= 0.6 is 0 Å². The van der Waals surface area contributed by atoms with Gasteiger partial charge in [0.15, 0.2) is 5.43 Å². The number of benzene rings is 2. The third-order valence-electron chi connectivity index (χ3n) is 5.39. The van der Waals surface area contributed by atoms with Gasteiger partial charge < -0.3 is 14.3 Å². The van der Waals surface area contributed by atoms with Crippen LogP contribution in [0.1, 0.15) is 0 Å². The summed E-state index contributed by atoms with van der Waals surface area (Å²) in [6.07, 6.45) is 1.52. The van der Waals surface area contributed by atoms with Crippen molar-refractivity contribution in [3.8, 4) is 16.9 Å². The molecule has 1 aliphatic rings. The fraction of sp³-hybridized carbons (Fsp3) is 0.348. The summed E-state index contributed by atoms with van der Waals surface area (Å²) in [4.78, 5) is 17.4. The molecule has 0 radical (unpaired) electrons. The third-order valence-corrected chi connectivity index (χ3v) is 5.39. The molecule has 0 spiro atoms. The van der Waals surface area contributed by atoms with Crippen LogP contribution in [-0.4, -0.2) is 67.4 Å². The first-order valence-electron chi connectivity index (χ1n) is 10.0. The molecule has 1 aromatic heterocycles. The molecule has 0 atom stereocenters. The standard InChI is InChI=1S/C23H26N2O4/c26-14-12-24-8-10-25(11-9-24)13-15-28-19-6-7-20-22(16-19)29-17-21(23(20)27)18-4-2-1-3-5-18/h1-7,16-17,26H,8-15H2. The first kappa shape index (κ1) is 19.6. The Kier molecular flexibility index (Phi) is 6.24. The van der Waals surface area contributed by atoms with E-state index in [0.29, 0.717) is 28.9 Å². The van der Waals surface area contributed by atoms with Crippen LogP contribution in [0.3, 0.4) is 0 Å². The molecule has 1 saturated heterocycles. The van der Waals surface area contributed by atoms with Crippen molar-refractivity contribution in [3.63, 3.8) is 0 Å². The zero-order valence-electron chi connectivity index (χ0n) is 16.4. The van der Waals surface area contributed by atoms with Gasteiger partial charge in [-0.25, -0.2) is 0 Å². The van der Waals surface area contributed by atoms with Gasteiger partial charge in [-0.15, -0.1) is 0 Å². The number of aliphatic hydroxyl groups is 1. The number of aliphatic hydroxyl groups excluding tert-OH is 1. The maximum absolute atomic E-state index is 12.8. The highest BCUT2D eigenvalue weighted by Crippen LogP contribution is 2.23. The summed E-state index contributed by atoms with van der Waals surface area (Å²) in [5, 5.41) is 9.57. The van der Waals surface area contributed by atoms with Gasteiger partial charge in [0.1, 0.15) is 24.2 Å². The highest BCUT2D eigenvalue weighted by Gasteiger charge is 2.16. The quantitative estimate of drug-likeness (QED) is 0.664. The maximum atomic E-state index is 12.8. The van der Waals surface area contributed by atoms with Crippen molar-refractivity contribution >= 4 is 11.0 Å². The van der Waals surface area contributed by atoms with Crippen molar-refractivity contribution in [1.82, 2.24) is 9.80 Å². The van der Waals surface area contributed by atoms with E-state index in [9.17, 15) is 4.79 Å². The molecule has 1 fully saturated rings. The lowest BCUT2D eigenvalue weighted by atomic mass is 10.1. The average Bonchev–Trinajstić information content (AvgIpc) is 2.76. The Morgan fingerprint density at radius 3 is 2.41 bits per heavy atom. The molecule has 0 unspecified atom stereocenters. The van der Waals surface area contributed by atoms with Crippen LogP contribution in [0.4, 0.5) is 0 Å². The summed E-state index contributed by atoms with van der Waals surface area (Å²) in [7, 11) is 0. The highest BCUT2D eigenvalue weighted by molar-refractivity contribution is 5.82. The van der Waals surface area contributed by atoms with Gasteiger partial charge in [0.25, 0.3) is 0 Å². The number of piperazine rings is 1. The largest absolute Gasteiger partial charge is 0.492 e. The minimum atomic E-state index is -0.0373. The first-order valence-corrected chi connectivity index (χ1v) is 10.0. The number of β-amino-alcohol motifs (C(OH)–C–C–N with tert-alkyl or cyclic N) is 1. The zero-order chi connectivity index (χ0) is 20.1. The fourth-order valence-corrected chi connectivity index (χ4v) is 3.69. The second-order valence-electron chi connectivity index (χ2n) is 7.26. The minimum absolute atomic E-state index is 0.0373. The molecule has 6 nitrogen and oxygen atoms in total. The molecule has 3 aromatic rings. The van der Waals surface area contributed by atoms with Crippen molar-refractivity contribution in [2.45, 2.75) is 0 Å². The average molecular weight is 394 g/mol. The second-order valence-corrected chi connectivity index (χ2v) is 7.26. The number of fused-ring (bicyclic) bond motifs is 1. The van der Waals surface area contributed by atoms with E-state index in [1.807, 2.05) is 36.4 Å². The van der Waals surface area contributed by atoms with Crippen LogP contribution in [-0.2, 0) is 0 Å². The Bertz CT molecular complexity index is 995. The summed E-state index contributed by atoms with van der Waals surface area (Å²) in [6, 6.07) is 14.9. The molecule has 0 aliphatic carbocycles. The first-order chi connectivity index (χ1) is 14.2. The zero-order valence-corrected chi connectivity index (χ0v) is 16.4. The van der Waals surface area contributed by atoms with Crippen LogP contribution in [0.5, 0.6) is 5.75 Å². The maximum Gasteiger partial charge on any atom is 0.200 e. The van der Waals surface area contributed by atoms with E-state index in [1.54, 1.807) is 12.1 Å². The predicted molar refractivity (Wildman–Crippen MR) is 113 cm³/mol. The van der Waals surface area contributed by atoms with Gasteiger partial charge in [-0.1, -0.05) is 30.3 Å². The molecule has 2 aromatic carbocycles. The predicted octanol–water partition coefficient (Wildman–Crippen LogP) is 2.45. The molecular formula is C23H26N2O4. The molecule has 0 saturated carbocycles. The van der Waals surface area contributed by atoms with E-state index in [2.05, 4.69) is 9.80 Å². The van der Waals surface area contributed by atoms with Gasteiger partial charge in [-0.3, -0.25) is 14.6 Å². The molecule has 29 heavy (non-hydrogen) atoms. The van der Waals surface area contributed by atoms with Gasteiger partial charge in [0.2, 0.25) is 0 Å². The Balaban J connectivity index is 1.38. The van der Waals surface area contributed by atoms with E-state index in [4.69, 9.17) is 14.3 Å². The molecule has 0 bridgehead atoms. The van der Waals surface area contributed by atoms with Crippen LogP contribution in [0.2, 0.25) is 0 Å². The van der Waals surface area contributed by atoms with Gasteiger partial charge in [0.05, 0.1) is 17.6 Å². The molecular weight excluding hydrogens is 368 g/mol. The van der Waals surface area contributed by atoms with Crippen molar-refractivity contribution in [2.75, 3.05) is 52.5 Å². The number of hydrogen-bond donors (Lipinski definition) is 1.